The van der Waals surface area contributed by atoms with E-state index < -0.39 is 36.4 Å². The molecule has 0 atom stereocenters. The monoisotopic (exact) mass is 918 g/mol. The van der Waals surface area contributed by atoms with Gasteiger partial charge in [0.15, 0.2) is 0 Å². The molecule has 4 aromatic carbocycles. The molecule has 0 radical (unpaired) electrons. The summed E-state index contributed by atoms with van der Waals surface area (Å²) in [6.07, 6.45) is 0. The largest absolute Gasteiger partial charge is 2.00 e. The Morgan fingerprint density at radius 2 is 0.984 bits per heavy atom. The van der Waals surface area contributed by atoms with Gasteiger partial charge in [0.1, 0.15) is 35.9 Å². The zero-order valence-corrected chi connectivity index (χ0v) is 38.8. The molecule has 15 heteroatoms. The Hall–Kier alpha value is -4.16. The molecule has 324 valence electrons. The van der Waals surface area contributed by atoms with E-state index >= 15 is 0 Å². The summed E-state index contributed by atoms with van der Waals surface area (Å²) < 4.78 is 33.4. The molecule has 63 heavy (non-hydrogen) atoms. The van der Waals surface area contributed by atoms with E-state index in [1.165, 1.54) is 0 Å². The Morgan fingerprint density at radius 1 is 0.603 bits per heavy atom. The topological polar surface area (TPSA) is 176 Å². The normalized spacial score (nSPS) is 14.5. The predicted molar refractivity (Wildman–Crippen MR) is 235 cm³/mol. The van der Waals surface area contributed by atoms with Gasteiger partial charge in [-0.3, -0.25) is 0 Å². The van der Waals surface area contributed by atoms with Gasteiger partial charge in [-0.15, -0.1) is 22.7 Å². The molecule has 0 bridgehead atoms. The van der Waals surface area contributed by atoms with E-state index in [2.05, 4.69) is 24.3 Å². The molecule has 4 heterocycles. The number of hydrogen-bond donors (Lipinski definition) is 2. The number of aliphatic hydroxyl groups is 2. The molecule has 0 amide bonds. The van der Waals surface area contributed by atoms with Crippen LogP contribution in [0.5, 0.6) is 11.5 Å². The van der Waals surface area contributed by atoms with Crippen LogP contribution in [0.4, 0.5) is 0 Å². The molecule has 2 aromatic heterocycles. The number of aliphatic hydroxyl groups excluding tert-OH is 2. The van der Waals surface area contributed by atoms with Gasteiger partial charge in [-0.25, -0.2) is 0 Å². The maximum Gasteiger partial charge on any atom is 2.00 e. The number of thiophene rings is 2. The number of ether oxygens (including phenoxy) is 6. The Balaban J connectivity index is 0.000000206. The number of hydrogen-bond acceptors (Lipinski definition) is 14. The van der Waals surface area contributed by atoms with Crippen LogP contribution in [0, 0.1) is 13.8 Å². The van der Waals surface area contributed by atoms with E-state index in [0.717, 1.165) is 64.0 Å². The molecular weight excluding hydrogens is 873 g/mol. The van der Waals surface area contributed by atoms with Crippen molar-refractivity contribution in [2.24, 2.45) is 0 Å². The fraction of sp³-hybridized carbons (Fsp3) is 0.292. The van der Waals surface area contributed by atoms with Gasteiger partial charge in [0.05, 0.1) is 64.8 Å². The van der Waals surface area contributed by atoms with E-state index in [1.54, 1.807) is 22.7 Å². The first-order valence-corrected chi connectivity index (χ1v) is 21.5. The molecule has 0 saturated carbocycles. The van der Waals surface area contributed by atoms with Crippen molar-refractivity contribution in [3.05, 3.63) is 152 Å². The first kappa shape index (κ1) is 48.3. The average molecular weight is 919 g/mol. The summed E-state index contributed by atoms with van der Waals surface area (Å²) in [5.41, 5.74) is 6.82. The van der Waals surface area contributed by atoms with E-state index in [0.29, 0.717) is 51.1 Å². The number of carbonyl (C=O) groups excluding carboxylic acids is 2. The van der Waals surface area contributed by atoms with Gasteiger partial charge in [0.25, 0.3) is 0 Å². The number of aliphatic carboxylic acids is 2. The second kappa shape index (κ2) is 22.2. The van der Waals surface area contributed by atoms with Crippen molar-refractivity contribution in [1.82, 2.24) is 0 Å². The molecule has 6 aromatic rings. The first-order chi connectivity index (χ1) is 30.0. The number of aryl methyl sites for hydroxylation is 2. The van der Waals surface area contributed by atoms with E-state index in [-0.39, 0.29) is 51.0 Å². The van der Waals surface area contributed by atoms with Crippen LogP contribution in [0.3, 0.4) is 0 Å². The summed E-state index contributed by atoms with van der Waals surface area (Å²) in [5, 5.41) is 40.2. The second-order valence-electron chi connectivity index (χ2n) is 15.1. The Labute approximate surface area is 403 Å². The Bertz CT molecular complexity index is 2280. The molecule has 0 unspecified atom stereocenters. The van der Waals surface area contributed by atoms with Crippen LogP contribution in [-0.4, -0.2) is 99.5 Å². The van der Waals surface area contributed by atoms with Crippen molar-refractivity contribution in [2.75, 3.05) is 39.6 Å². The van der Waals surface area contributed by atoms with E-state index in [4.69, 9.17) is 28.4 Å². The van der Waals surface area contributed by atoms with Gasteiger partial charge in [0, 0.05) is 19.5 Å². The van der Waals surface area contributed by atoms with Crippen LogP contribution in [0.1, 0.15) is 43.1 Å². The van der Waals surface area contributed by atoms with Gasteiger partial charge >= 0.3 is 37.7 Å². The minimum Gasteiger partial charge on any atom is -0.548 e. The molecule has 2 fully saturated rings. The summed E-state index contributed by atoms with van der Waals surface area (Å²) in [6.45, 7) is 5.34. The average Bonchev–Trinajstić information content (AvgIpc) is 3.83. The predicted octanol–water partition coefficient (Wildman–Crippen LogP) is 5.19. The third-order valence-electron chi connectivity index (χ3n) is 10.5. The van der Waals surface area contributed by atoms with Crippen LogP contribution in [0.25, 0.3) is 20.9 Å². The number of carboxylic acids is 2. The minimum atomic E-state index is -1.25. The Morgan fingerprint density at radius 3 is 1.29 bits per heavy atom. The van der Waals surface area contributed by atoms with Crippen LogP contribution >= 0.6 is 22.7 Å². The van der Waals surface area contributed by atoms with Crippen LogP contribution in [0.15, 0.2) is 109 Å². The molecule has 8 rings (SSSR count). The minimum absolute atomic E-state index is 0. The van der Waals surface area contributed by atoms with Crippen LogP contribution in [-0.2, 0) is 66.2 Å². The number of benzene rings is 4. The van der Waals surface area contributed by atoms with Crippen LogP contribution in [0.2, 0.25) is 0 Å². The third-order valence-corrected chi connectivity index (χ3v) is 13.0. The number of rotatable bonds is 18. The smallest absolute Gasteiger partial charge is 0.548 e. The quantitative estimate of drug-likeness (QED) is 0.108. The van der Waals surface area contributed by atoms with Crippen molar-refractivity contribution in [3.8, 4) is 32.4 Å². The molecule has 2 N–H and O–H groups in total. The maximum absolute atomic E-state index is 10.7. The molecule has 0 spiro atoms. The second-order valence-corrected chi connectivity index (χ2v) is 17.4. The van der Waals surface area contributed by atoms with Gasteiger partial charge in [0.2, 0.25) is 0 Å². The summed E-state index contributed by atoms with van der Waals surface area (Å²) >= 11 is 3.20. The molecule has 2 saturated heterocycles. The number of carbonyl (C=O) groups is 2. The Kier molecular flexibility index (Phi) is 17.0. The zero-order chi connectivity index (χ0) is 43.7. The maximum atomic E-state index is 10.7. The fourth-order valence-corrected chi connectivity index (χ4v) is 9.16. The van der Waals surface area contributed by atoms with Crippen molar-refractivity contribution in [3.63, 3.8) is 0 Å². The zero-order valence-electron chi connectivity index (χ0n) is 35.0. The van der Waals surface area contributed by atoms with Gasteiger partial charge in [-0.2, -0.15) is 0 Å². The van der Waals surface area contributed by atoms with Gasteiger partial charge in [-0.05, 0) is 107 Å². The molecule has 2 aliphatic rings. The molecule has 0 aliphatic carbocycles. The van der Waals surface area contributed by atoms with Gasteiger partial charge in [-0.1, -0.05) is 60.7 Å². The van der Waals surface area contributed by atoms with Crippen molar-refractivity contribution in [1.29, 1.82) is 0 Å². The molecule has 12 nitrogen and oxygen atoms in total. The SMILES string of the molecule is Cc1cc(CO)sc1-c1cccc(COc2ccc(C3(OCC(=O)[O-])COC3)cc2)c1.Cc1cc(CO)sc1-c1cccc(COc2ccc(C3(OCC(=O)[O-])COC3)cc2)c1.[Ca+2]. The number of carboxylic acid groups (broad SMARTS) is 2. The van der Waals surface area contributed by atoms with Crippen molar-refractivity contribution < 1.29 is 58.4 Å². The van der Waals surface area contributed by atoms with Crippen molar-refractivity contribution in [2.45, 2.75) is 51.5 Å². The third kappa shape index (κ3) is 12.1. The van der Waals surface area contributed by atoms with E-state index in [9.17, 15) is 30.0 Å². The van der Waals surface area contributed by atoms with E-state index in [1.807, 2.05) is 98.8 Å². The molecular formula is C48H46CaO12S2. The standard InChI is InChI=1S/2C24H24O6S.Ca/c2*1-16-9-21(11-25)31-23(16)18-4-2-3-17(10-18)12-29-20-7-5-19(6-8-20)24(14-28-15-24)30-13-22(26)27;/h2*2-10,25H,11-15H2,1H3,(H,26,27);/q;;+2/p-2. The van der Waals surface area contributed by atoms with Crippen molar-refractivity contribution >= 4 is 72.4 Å². The molecule has 2 aliphatic heterocycles. The first-order valence-electron chi connectivity index (χ1n) is 19.9. The summed E-state index contributed by atoms with van der Waals surface area (Å²) in [4.78, 5) is 25.7. The van der Waals surface area contributed by atoms with Crippen LogP contribution < -0.4 is 19.7 Å². The fourth-order valence-electron chi connectivity index (χ4n) is 7.11. The summed E-state index contributed by atoms with van der Waals surface area (Å²) in [7, 11) is 0. The summed E-state index contributed by atoms with van der Waals surface area (Å²) in [5.74, 6) is -1.09. The van der Waals surface area contributed by atoms with Gasteiger partial charge < -0.3 is 58.4 Å². The summed E-state index contributed by atoms with van der Waals surface area (Å²) in [6, 6.07) is 35.3.